The molecule has 0 radical (unpaired) electrons. The minimum atomic E-state index is -3.64. The minimum absolute atomic E-state index is 0. The number of rotatable bonds is 5. The molecule has 2 heterocycles. The summed E-state index contributed by atoms with van der Waals surface area (Å²) in [5.41, 5.74) is 1.20. The van der Waals surface area contributed by atoms with Gasteiger partial charge in [0.1, 0.15) is 0 Å². The number of sulfonamides is 1. The van der Waals surface area contributed by atoms with E-state index in [1.807, 2.05) is 0 Å². The summed E-state index contributed by atoms with van der Waals surface area (Å²) in [7, 11) is -3.64. The van der Waals surface area contributed by atoms with Crippen molar-refractivity contribution in [2.24, 2.45) is 0 Å². The van der Waals surface area contributed by atoms with Crippen molar-refractivity contribution in [3.05, 3.63) is 65.1 Å². The van der Waals surface area contributed by atoms with Crippen molar-refractivity contribution >= 4 is 61.5 Å². The topological polar surface area (TPSA) is 129 Å². The summed E-state index contributed by atoms with van der Waals surface area (Å²) in [4.78, 5) is 27.5. The largest absolute Gasteiger partial charge is 0.465 e. The monoisotopic (exact) mass is 498 g/mol. The Labute approximate surface area is 196 Å². The number of halogens is 1. The lowest BCUT2D eigenvalue weighted by Crippen LogP contribution is -2.23. The number of carbonyl (C=O) groups excluding carboxylic acids is 1. The SMILES string of the molecule is O=C(O)Nc1cccc(Cl)c1.O=C1CCCN1c1ccc(S(=O)(=O)Nc2nccs2)cc1.[HH].[HH]. The Hall–Kier alpha value is -3.15. The molecule has 1 aliphatic heterocycles. The van der Waals surface area contributed by atoms with E-state index in [9.17, 15) is 18.0 Å². The van der Waals surface area contributed by atoms with E-state index in [1.165, 1.54) is 35.7 Å². The Kier molecular flexibility index (Phi) is 7.67. The molecule has 32 heavy (non-hydrogen) atoms. The predicted molar refractivity (Wildman–Crippen MR) is 128 cm³/mol. The van der Waals surface area contributed by atoms with Gasteiger partial charge in [-0.1, -0.05) is 17.7 Å². The standard InChI is InChI=1S/C13H13N3O3S2.C7H6ClNO2.2H2/c17-12-2-1-8-16(12)10-3-5-11(6-4-10)21(18,19)15-13-14-7-9-20-13;8-5-2-1-3-6(4-5)9-7(10)11;;/h3-7,9H,1-2,8H2,(H,14,15);1-4,9H,(H,10,11);2*1H. The van der Waals surface area contributed by atoms with Gasteiger partial charge in [-0.2, -0.15) is 0 Å². The first kappa shape index (κ1) is 23.5. The van der Waals surface area contributed by atoms with Crippen LogP contribution < -0.4 is 14.9 Å². The van der Waals surface area contributed by atoms with E-state index in [4.69, 9.17) is 16.7 Å². The van der Waals surface area contributed by atoms with Gasteiger partial charge in [0.25, 0.3) is 10.0 Å². The highest BCUT2D eigenvalue weighted by Gasteiger charge is 2.22. The second kappa shape index (κ2) is 10.4. The number of nitrogens with zero attached hydrogens (tertiary/aromatic N) is 2. The number of benzene rings is 2. The molecule has 0 spiro atoms. The average Bonchev–Trinajstić information content (AvgIpc) is 3.39. The van der Waals surface area contributed by atoms with E-state index < -0.39 is 16.1 Å². The molecule has 3 N–H and O–H groups in total. The number of aromatic nitrogens is 1. The Morgan fingerprint density at radius 1 is 1.22 bits per heavy atom. The van der Waals surface area contributed by atoms with E-state index in [1.54, 1.807) is 40.6 Å². The number of amides is 2. The molecule has 0 aliphatic carbocycles. The Bertz CT molecular complexity index is 1200. The molecular weight excluding hydrogens is 476 g/mol. The minimum Gasteiger partial charge on any atom is -0.465 e. The summed E-state index contributed by atoms with van der Waals surface area (Å²) < 4.78 is 26.8. The van der Waals surface area contributed by atoms with Crippen LogP contribution in [-0.2, 0) is 14.8 Å². The molecule has 1 saturated heterocycles. The first-order valence-electron chi connectivity index (χ1n) is 9.33. The second-order valence-electron chi connectivity index (χ2n) is 6.53. The van der Waals surface area contributed by atoms with Crippen molar-refractivity contribution in [1.29, 1.82) is 0 Å². The molecule has 1 aromatic heterocycles. The maximum Gasteiger partial charge on any atom is 0.409 e. The number of hydrogen-bond acceptors (Lipinski definition) is 6. The molecular formula is C20H23ClN4O5S2. The molecule has 0 saturated carbocycles. The van der Waals surface area contributed by atoms with Crippen LogP contribution in [-0.4, -0.2) is 37.1 Å². The fraction of sp³-hybridized carbons (Fsp3) is 0.150. The van der Waals surface area contributed by atoms with Gasteiger partial charge in [0.2, 0.25) is 5.91 Å². The van der Waals surface area contributed by atoms with Crippen molar-refractivity contribution in [3.8, 4) is 0 Å². The molecule has 0 bridgehead atoms. The summed E-state index contributed by atoms with van der Waals surface area (Å²) in [5.74, 6) is 0.0755. The van der Waals surface area contributed by atoms with Gasteiger partial charge in [0.05, 0.1) is 4.90 Å². The van der Waals surface area contributed by atoms with Gasteiger partial charge in [-0.05, 0) is 48.9 Å². The van der Waals surface area contributed by atoms with Crippen LogP contribution in [0.2, 0.25) is 5.02 Å². The highest BCUT2D eigenvalue weighted by Crippen LogP contribution is 2.24. The molecule has 3 aromatic rings. The zero-order valence-corrected chi connectivity index (χ0v) is 19.0. The van der Waals surface area contributed by atoms with Gasteiger partial charge in [-0.3, -0.25) is 14.8 Å². The first-order valence-corrected chi connectivity index (χ1v) is 12.1. The van der Waals surface area contributed by atoms with Crippen LogP contribution in [0.3, 0.4) is 0 Å². The number of nitrogens with one attached hydrogen (secondary N) is 2. The Balaban J connectivity index is 0.000000382. The summed E-state index contributed by atoms with van der Waals surface area (Å²) in [6.45, 7) is 0.683. The number of carbonyl (C=O) groups is 2. The lowest BCUT2D eigenvalue weighted by Gasteiger charge is -2.16. The van der Waals surface area contributed by atoms with E-state index in [-0.39, 0.29) is 13.7 Å². The van der Waals surface area contributed by atoms with Crippen LogP contribution in [0, 0.1) is 0 Å². The Morgan fingerprint density at radius 3 is 2.53 bits per heavy atom. The van der Waals surface area contributed by atoms with Crippen LogP contribution >= 0.6 is 22.9 Å². The lowest BCUT2D eigenvalue weighted by atomic mass is 10.3. The van der Waals surface area contributed by atoms with E-state index >= 15 is 0 Å². The third kappa shape index (κ3) is 6.42. The van der Waals surface area contributed by atoms with Crippen molar-refractivity contribution in [2.75, 3.05) is 21.5 Å². The third-order valence-corrected chi connectivity index (χ3v) is 6.67. The van der Waals surface area contributed by atoms with Crippen LogP contribution in [0.5, 0.6) is 0 Å². The molecule has 9 nitrogen and oxygen atoms in total. The average molecular weight is 499 g/mol. The second-order valence-corrected chi connectivity index (χ2v) is 9.54. The third-order valence-electron chi connectivity index (χ3n) is 4.26. The van der Waals surface area contributed by atoms with Crippen LogP contribution in [0.25, 0.3) is 0 Å². The molecule has 2 amide bonds. The van der Waals surface area contributed by atoms with Crippen molar-refractivity contribution in [2.45, 2.75) is 17.7 Å². The zero-order valence-electron chi connectivity index (χ0n) is 16.6. The van der Waals surface area contributed by atoms with E-state index in [0.29, 0.717) is 28.8 Å². The molecule has 0 unspecified atom stereocenters. The van der Waals surface area contributed by atoms with E-state index in [0.717, 1.165) is 12.1 Å². The predicted octanol–water partition coefficient (Wildman–Crippen LogP) is 4.99. The summed E-state index contributed by atoms with van der Waals surface area (Å²) >= 11 is 6.81. The number of thiazole rings is 1. The summed E-state index contributed by atoms with van der Waals surface area (Å²) in [6.07, 6.45) is 1.83. The molecule has 4 rings (SSSR count). The molecule has 1 fully saturated rings. The van der Waals surface area contributed by atoms with Crippen LogP contribution in [0.15, 0.2) is 65.0 Å². The highest BCUT2D eigenvalue weighted by molar-refractivity contribution is 7.93. The van der Waals surface area contributed by atoms with Gasteiger partial charge in [-0.15, -0.1) is 11.3 Å². The Morgan fingerprint density at radius 2 is 1.97 bits per heavy atom. The fourth-order valence-corrected chi connectivity index (χ4v) is 4.84. The lowest BCUT2D eigenvalue weighted by molar-refractivity contribution is -0.117. The number of carboxylic acid groups (broad SMARTS) is 1. The molecule has 172 valence electrons. The molecule has 2 aromatic carbocycles. The fourth-order valence-electron chi connectivity index (χ4n) is 2.86. The maximum absolute atomic E-state index is 12.2. The van der Waals surface area contributed by atoms with Gasteiger partial charge >= 0.3 is 6.09 Å². The van der Waals surface area contributed by atoms with Crippen LogP contribution in [0.4, 0.5) is 21.3 Å². The molecule has 12 heteroatoms. The number of hydrogen-bond donors (Lipinski definition) is 3. The molecule has 1 aliphatic rings. The molecule has 0 atom stereocenters. The summed E-state index contributed by atoms with van der Waals surface area (Å²) in [6, 6.07) is 12.8. The normalized spacial score (nSPS) is 13.3. The maximum atomic E-state index is 12.2. The van der Waals surface area contributed by atoms with Gasteiger partial charge in [-0.25, -0.2) is 18.2 Å². The van der Waals surface area contributed by atoms with E-state index in [2.05, 4.69) is 15.0 Å². The van der Waals surface area contributed by atoms with Crippen LogP contribution in [0.1, 0.15) is 15.7 Å². The van der Waals surface area contributed by atoms with Gasteiger partial charge in [0, 0.05) is 43.8 Å². The van der Waals surface area contributed by atoms with Crippen molar-refractivity contribution in [1.82, 2.24) is 4.98 Å². The zero-order chi connectivity index (χ0) is 23.1. The quantitative estimate of drug-likeness (QED) is 0.454. The first-order chi connectivity index (χ1) is 15.2. The van der Waals surface area contributed by atoms with Gasteiger partial charge < -0.3 is 10.0 Å². The van der Waals surface area contributed by atoms with Crippen molar-refractivity contribution in [3.63, 3.8) is 0 Å². The van der Waals surface area contributed by atoms with Gasteiger partial charge in [0.15, 0.2) is 5.13 Å². The highest BCUT2D eigenvalue weighted by atomic mass is 35.5. The summed E-state index contributed by atoms with van der Waals surface area (Å²) in [5, 5.41) is 13.0. The number of anilines is 3. The smallest absolute Gasteiger partial charge is 0.409 e. The van der Waals surface area contributed by atoms with Crippen molar-refractivity contribution < 1.29 is 26.0 Å².